The molecule has 11 heteroatoms. The van der Waals surface area contributed by atoms with E-state index >= 15 is 0 Å². The van der Waals surface area contributed by atoms with Crippen LogP contribution in [0.4, 0.5) is 26.3 Å². The zero-order valence-electron chi connectivity index (χ0n) is 9.01. The van der Waals surface area contributed by atoms with Crippen molar-refractivity contribution in [3.8, 4) is 0 Å². The molecule has 0 saturated carbocycles. The normalized spacial score (nSPS) is 13.3. The summed E-state index contributed by atoms with van der Waals surface area (Å²) in [5.74, 6) is 0. The topological polar surface area (TPSA) is 51.2 Å². The van der Waals surface area contributed by atoms with E-state index in [0.29, 0.717) is 6.07 Å². The van der Waals surface area contributed by atoms with Crippen molar-refractivity contribution in [2.24, 2.45) is 0 Å². The lowest BCUT2D eigenvalue weighted by atomic mass is 10.0. The van der Waals surface area contributed by atoms with E-state index in [1.54, 1.807) is 0 Å². The molecule has 0 N–H and O–H groups in total. The molecule has 0 radical (unpaired) electrons. The molecular weight excluding hydrogens is 338 g/mol. The maximum atomic E-state index is 12.7. The summed E-state index contributed by atoms with van der Waals surface area (Å²) in [7, 11) is -0.384. The summed E-state index contributed by atoms with van der Waals surface area (Å²) in [6.45, 7) is 0. The van der Waals surface area contributed by atoms with Crippen LogP contribution in [0.3, 0.4) is 0 Å². The van der Waals surface area contributed by atoms with Gasteiger partial charge >= 0.3 is 12.4 Å². The third kappa shape index (κ3) is 3.23. The van der Waals surface area contributed by atoms with Gasteiger partial charge in [0.05, 0.1) is 16.0 Å². The second-order valence-corrected chi connectivity index (χ2v) is 5.99. The molecular formula is C9H3ClF6O3S. The highest BCUT2D eigenvalue weighted by Gasteiger charge is 2.48. The molecule has 0 spiro atoms. The summed E-state index contributed by atoms with van der Waals surface area (Å²) in [5, 5.41) is 0. The molecule has 0 aliphatic rings. The Labute approximate surface area is 112 Å². The van der Waals surface area contributed by atoms with Crippen molar-refractivity contribution in [1.82, 2.24) is 0 Å². The smallest absolute Gasteiger partial charge is 0.298 e. The molecule has 0 aliphatic heterocycles. The average molecular weight is 341 g/mol. The van der Waals surface area contributed by atoms with Crippen molar-refractivity contribution in [2.45, 2.75) is 17.2 Å². The first-order valence-corrected chi connectivity index (χ1v) is 6.82. The van der Waals surface area contributed by atoms with Crippen LogP contribution in [0.25, 0.3) is 0 Å². The molecule has 0 amide bonds. The molecule has 0 unspecified atom stereocenters. The van der Waals surface area contributed by atoms with Crippen LogP contribution in [0.5, 0.6) is 0 Å². The third-order valence-corrected chi connectivity index (χ3v) is 3.52. The van der Waals surface area contributed by atoms with Crippen LogP contribution in [0.15, 0.2) is 17.0 Å². The predicted octanol–water partition coefficient (Wildman–Crippen LogP) is 3.46. The Morgan fingerprint density at radius 3 is 1.70 bits per heavy atom. The minimum absolute atomic E-state index is 0.199. The van der Waals surface area contributed by atoms with Gasteiger partial charge in [-0.15, -0.1) is 0 Å². The molecule has 20 heavy (non-hydrogen) atoms. The first-order valence-electron chi connectivity index (χ1n) is 4.51. The summed E-state index contributed by atoms with van der Waals surface area (Å²) < 4.78 is 98.3. The van der Waals surface area contributed by atoms with Gasteiger partial charge in [-0.3, -0.25) is 4.79 Å². The Balaban J connectivity index is 4.02. The molecule has 0 atom stereocenters. The zero-order chi connectivity index (χ0) is 15.9. The van der Waals surface area contributed by atoms with E-state index in [1.165, 1.54) is 0 Å². The quantitative estimate of drug-likeness (QED) is 0.470. The highest BCUT2D eigenvalue weighted by Crippen LogP contribution is 2.45. The van der Waals surface area contributed by atoms with Crippen LogP contribution >= 0.6 is 10.7 Å². The summed E-state index contributed by atoms with van der Waals surface area (Å²) in [4.78, 5) is 8.70. The van der Waals surface area contributed by atoms with Gasteiger partial charge in [-0.05, 0) is 12.1 Å². The first-order chi connectivity index (χ1) is 8.80. The molecule has 1 aromatic carbocycles. The summed E-state index contributed by atoms with van der Waals surface area (Å²) in [6.07, 6.45) is -11.7. The van der Waals surface area contributed by atoms with E-state index in [2.05, 4.69) is 0 Å². The summed E-state index contributed by atoms with van der Waals surface area (Å²) in [5.41, 5.74) is -6.24. The second kappa shape index (κ2) is 4.92. The molecule has 3 nitrogen and oxygen atoms in total. The van der Waals surface area contributed by atoms with Crippen LogP contribution in [0, 0.1) is 0 Å². The lowest BCUT2D eigenvalue weighted by Crippen LogP contribution is -2.22. The van der Waals surface area contributed by atoms with E-state index in [-0.39, 0.29) is 6.07 Å². The average Bonchev–Trinajstić information content (AvgIpc) is 2.23. The fourth-order valence-electron chi connectivity index (χ4n) is 1.49. The Morgan fingerprint density at radius 2 is 1.40 bits per heavy atom. The van der Waals surface area contributed by atoms with Crippen LogP contribution in [-0.2, 0) is 21.4 Å². The van der Waals surface area contributed by atoms with Gasteiger partial charge in [0.2, 0.25) is 0 Å². The maximum Gasteiger partial charge on any atom is 0.418 e. The fraction of sp³-hybridized carbons (Fsp3) is 0.222. The summed E-state index contributed by atoms with van der Waals surface area (Å²) >= 11 is 0. The Morgan fingerprint density at radius 1 is 0.950 bits per heavy atom. The minimum atomic E-state index is -5.67. The lowest BCUT2D eigenvalue weighted by molar-refractivity contribution is -0.163. The molecule has 1 rings (SSSR count). The lowest BCUT2D eigenvalue weighted by Gasteiger charge is -2.19. The minimum Gasteiger partial charge on any atom is -0.298 e. The zero-order valence-corrected chi connectivity index (χ0v) is 10.6. The number of hydrogen-bond donors (Lipinski definition) is 0. The second-order valence-electron chi connectivity index (χ2n) is 3.45. The molecule has 0 saturated heterocycles. The molecule has 0 fully saturated rings. The van der Waals surface area contributed by atoms with Crippen molar-refractivity contribution in [3.05, 3.63) is 28.8 Å². The number of benzene rings is 1. The van der Waals surface area contributed by atoms with Gasteiger partial charge < -0.3 is 0 Å². The van der Waals surface area contributed by atoms with Gasteiger partial charge in [0.25, 0.3) is 9.05 Å². The maximum absolute atomic E-state index is 12.7. The fourth-order valence-corrected chi connectivity index (χ4v) is 2.57. The highest BCUT2D eigenvalue weighted by atomic mass is 35.7. The largest absolute Gasteiger partial charge is 0.418 e. The SMILES string of the molecule is O=Cc1ccc(S(=O)(=O)Cl)c(C(F)(F)F)c1C(F)(F)F. The van der Waals surface area contributed by atoms with Crippen molar-refractivity contribution < 1.29 is 39.6 Å². The number of carbonyl (C=O) groups excluding carboxylic acids is 1. The number of rotatable bonds is 2. The Hall–Kier alpha value is -1.29. The summed E-state index contributed by atoms with van der Waals surface area (Å²) in [6, 6.07) is 0.504. The first kappa shape index (κ1) is 16.8. The van der Waals surface area contributed by atoms with E-state index < -0.39 is 49.3 Å². The van der Waals surface area contributed by atoms with E-state index in [1.807, 2.05) is 0 Å². The van der Waals surface area contributed by atoms with Crippen LogP contribution < -0.4 is 0 Å². The van der Waals surface area contributed by atoms with Crippen molar-refractivity contribution in [2.75, 3.05) is 0 Å². The number of hydrogen-bond acceptors (Lipinski definition) is 3. The van der Waals surface area contributed by atoms with Gasteiger partial charge in [0, 0.05) is 16.2 Å². The number of halogens is 7. The molecule has 0 bridgehead atoms. The van der Waals surface area contributed by atoms with Crippen molar-refractivity contribution >= 4 is 26.0 Å². The number of carbonyl (C=O) groups is 1. The van der Waals surface area contributed by atoms with Gasteiger partial charge in [-0.1, -0.05) is 0 Å². The molecule has 112 valence electrons. The molecule has 1 aromatic rings. The van der Waals surface area contributed by atoms with Gasteiger partial charge in [0.1, 0.15) is 0 Å². The van der Waals surface area contributed by atoms with E-state index in [0.717, 1.165) is 0 Å². The molecule has 0 heterocycles. The van der Waals surface area contributed by atoms with Crippen molar-refractivity contribution in [3.63, 3.8) is 0 Å². The Bertz CT molecular complexity index is 647. The van der Waals surface area contributed by atoms with E-state index in [9.17, 15) is 39.6 Å². The molecule has 0 aromatic heterocycles. The van der Waals surface area contributed by atoms with Gasteiger partial charge in [-0.2, -0.15) is 26.3 Å². The third-order valence-electron chi connectivity index (χ3n) is 2.16. The molecule has 0 aliphatic carbocycles. The number of aldehydes is 1. The highest BCUT2D eigenvalue weighted by molar-refractivity contribution is 8.13. The number of alkyl halides is 6. The van der Waals surface area contributed by atoms with Crippen LogP contribution in [0.1, 0.15) is 21.5 Å². The monoisotopic (exact) mass is 340 g/mol. The van der Waals surface area contributed by atoms with Crippen molar-refractivity contribution in [1.29, 1.82) is 0 Å². The Kier molecular flexibility index (Phi) is 4.12. The van der Waals surface area contributed by atoms with Gasteiger partial charge in [-0.25, -0.2) is 8.42 Å². The van der Waals surface area contributed by atoms with Crippen LogP contribution in [0.2, 0.25) is 0 Å². The standard InChI is InChI=1S/C9H3ClF6O3S/c10-20(18,19)5-2-1-4(3-17)6(8(11,12)13)7(5)9(14,15)16/h1-3H. The van der Waals surface area contributed by atoms with Gasteiger partial charge in [0.15, 0.2) is 6.29 Å². The predicted molar refractivity (Wildman–Crippen MR) is 54.9 cm³/mol. The van der Waals surface area contributed by atoms with E-state index in [4.69, 9.17) is 10.7 Å². The van der Waals surface area contributed by atoms with Crippen LogP contribution in [-0.4, -0.2) is 14.7 Å².